The van der Waals surface area contributed by atoms with Gasteiger partial charge in [-0.2, -0.15) is 0 Å². The summed E-state index contributed by atoms with van der Waals surface area (Å²) in [6, 6.07) is 97.8. The molecular formula is C72H44N2OS. The number of rotatable bonds is 7. The van der Waals surface area contributed by atoms with Crippen molar-refractivity contribution >= 4 is 125 Å². The largest absolute Gasteiger partial charge is 0.455 e. The summed E-state index contributed by atoms with van der Waals surface area (Å²) in [6.45, 7) is 0. The molecule has 13 aromatic carbocycles. The molecule has 0 saturated carbocycles. The standard InChI is InChI=1S/C72H44N2OS/c1-2-14-50(15-3-1)73(68-25-13-24-62-60-21-9-11-27-70(60)76-72(62)68)51-36-32-46(33-37-51)49-35-41-67-65(43-49)64-42-48(45-28-30-47(31-29-45)53-22-12-23-61-59-20-8-10-26-69(59)75-71(53)61)34-40-66(64)74(67)52-38-39-58-56-18-5-4-16-54(56)55-17-6-7-19-57(55)63(58)44-52/h1-44H. The molecule has 3 nitrogen and oxygen atoms in total. The van der Waals surface area contributed by atoms with Crippen LogP contribution in [0.2, 0.25) is 0 Å². The molecular weight excluding hydrogens is 941 g/mol. The van der Waals surface area contributed by atoms with Gasteiger partial charge in [-0.3, -0.25) is 0 Å². The lowest BCUT2D eigenvalue weighted by atomic mass is 9.94. The van der Waals surface area contributed by atoms with E-state index < -0.39 is 0 Å². The lowest BCUT2D eigenvalue weighted by Crippen LogP contribution is -2.09. The molecule has 354 valence electrons. The fourth-order valence-electron chi connectivity index (χ4n) is 12.2. The van der Waals surface area contributed by atoms with E-state index in [1.165, 1.54) is 80.1 Å². The van der Waals surface area contributed by atoms with Crippen LogP contribution in [-0.4, -0.2) is 4.57 Å². The topological polar surface area (TPSA) is 21.3 Å². The second-order valence-electron chi connectivity index (χ2n) is 19.9. The van der Waals surface area contributed by atoms with Crippen LogP contribution in [0.3, 0.4) is 0 Å². The van der Waals surface area contributed by atoms with E-state index in [0.29, 0.717) is 0 Å². The van der Waals surface area contributed by atoms with Gasteiger partial charge in [-0.15, -0.1) is 11.3 Å². The predicted molar refractivity (Wildman–Crippen MR) is 324 cm³/mol. The maximum absolute atomic E-state index is 6.46. The number of nitrogens with zero attached hydrogens (tertiary/aromatic N) is 2. The summed E-state index contributed by atoms with van der Waals surface area (Å²) in [5.41, 5.74) is 15.6. The second kappa shape index (κ2) is 16.9. The highest BCUT2D eigenvalue weighted by atomic mass is 32.1. The highest BCUT2D eigenvalue weighted by Crippen LogP contribution is 2.46. The van der Waals surface area contributed by atoms with Gasteiger partial charge in [-0.05, 0) is 139 Å². The first-order chi connectivity index (χ1) is 37.7. The highest BCUT2D eigenvalue weighted by Gasteiger charge is 2.21. The number of fused-ring (bicyclic) bond motifs is 15. The fourth-order valence-corrected chi connectivity index (χ4v) is 13.4. The Kier molecular flexibility index (Phi) is 9.51. The molecule has 3 heterocycles. The average molecular weight is 985 g/mol. The van der Waals surface area contributed by atoms with Crippen LogP contribution in [0, 0.1) is 0 Å². The van der Waals surface area contributed by atoms with Crippen molar-refractivity contribution in [1.29, 1.82) is 0 Å². The van der Waals surface area contributed by atoms with Gasteiger partial charge in [-0.25, -0.2) is 0 Å². The molecule has 0 amide bonds. The van der Waals surface area contributed by atoms with E-state index in [0.717, 1.165) is 72.3 Å². The van der Waals surface area contributed by atoms with Gasteiger partial charge < -0.3 is 13.9 Å². The third-order valence-electron chi connectivity index (χ3n) is 15.8. The molecule has 0 aliphatic rings. The molecule has 16 aromatic rings. The van der Waals surface area contributed by atoms with Crippen LogP contribution in [0.15, 0.2) is 271 Å². The summed E-state index contributed by atoms with van der Waals surface area (Å²) in [6.07, 6.45) is 0. The zero-order valence-corrected chi connectivity index (χ0v) is 41.9. The minimum atomic E-state index is 0.909. The summed E-state index contributed by atoms with van der Waals surface area (Å²) < 4.78 is 11.5. The van der Waals surface area contributed by atoms with Crippen LogP contribution in [0.25, 0.3) is 135 Å². The SMILES string of the molecule is c1ccc(N(c2ccc(-c3ccc4c(c3)c3cc(-c5ccc(-c6cccc7c6oc6ccccc67)cc5)ccc3n4-c3ccc4c5ccccc5c5ccccc5c4c3)cc2)c2cccc3c2sc2ccccc23)cc1. The van der Waals surface area contributed by atoms with E-state index in [9.17, 15) is 0 Å². The van der Waals surface area contributed by atoms with Gasteiger partial charge in [0.1, 0.15) is 11.2 Å². The first kappa shape index (κ1) is 42.7. The van der Waals surface area contributed by atoms with Crippen molar-refractivity contribution in [3.05, 3.63) is 267 Å². The molecule has 0 radical (unpaired) electrons. The molecule has 3 aromatic heterocycles. The van der Waals surface area contributed by atoms with Crippen molar-refractivity contribution in [1.82, 2.24) is 4.57 Å². The number of hydrogen-bond donors (Lipinski definition) is 0. The molecule has 0 atom stereocenters. The molecule has 0 saturated heterocycles. The van der Waals surface area contributed by atoms with Crippen LogP contribution < -0.4 is 4.90 Å². The van der Waals surface area contributed by atoms with Crippen molar-refractivity contribution in [3.63, 3.8) is 0 Å². The van der Waals surface area contributed by atoms with E-state index in [4.69, 9.17) is 4.42 Å². The molecule has 76 heavy (non-hydrogen) atoms. The molecule has 0 spiro atoms. The van der Waals surface area contributed by atoms with Crippen molar-refractivity contribution in [2.45, 2.75) is 0 Å². The van der Waals surface area contributed by atoms with Gasteiger partial charge in [0.05, 0.1) is 21.4 Å². The molecule has 0 unspecified atom stereocenters. The van der Waals surface area contributed by atoms with E-state index in [-0.39, 0.29) is 0 Å². The van der Waals surface area contributed by atoms with Gasteiger partial charge >= 0.3 is 0 Å². The first-order valence-corrected chi connectivity index (χ1v) is 26.8. The quantitative estimate of drug-likeness (QED) is 0.148. The number of hydrogen-bond acceptors (Lipinski definition) is 3. The predicted octanol–water partition coefficient (Wildman–Crippen LogP) is 21.0. The Hall–Kier alpha value is -9.74. The van der Waals surface area contributed by atoms with Crippen LogP contribution in [0.5, 0.6) is 0 Å². The van der Waals surface area contributed by atoms with E-state index in [1.807, 2.05) is 23.5 Å². The number of para-hydroxylation sites is 3. The zero-order chi connectivity index (χ0) is 49.8. The van der Waals surface area contributed by atoms with Crippen LogP contribution in [0.4, 0.5) is 17.1 Å². The monoisotopic (exact) mass is 984 g/mol. The van der Waals surface area contributed by atoms with E-state index >= 15 is 0 Å². The molecule has 16 rings (SSSR count). The highest BCUT2D eigenvalue weighted by molar-refractivity contribution is 7.26. The number of benzene rings is 13. The van der Waals surface area contributed by atoms with Gasteiger partial charge in [0, 0.05) is 59.6 Å². The van der Waals surface area contributed by atoms with Gasteiger partial charge in [0.2, 0.25) is 0 Å². The minimum Gasteiger partial charge on any atom is -0.455 e. The van der Waals surface area contributed by atoms with Crippen molar-refractivity contribution in [3.8, 4) is 39.1 Å². The van der Waals surface area contributed by atoms with Gasteiger partial charge in [-0.1, -0.05) is 188 Å². The summed E-state index contributed by atoms with van der Waals surface area (Å²) in [7, 11) is 0. The Morgan fingerprint density at radius 2 is 0.829 bits per heavy atom. The third kappa shape index (κ3) is 6.61. The number of aromatic nitrogens is 1. The van der Waals surface area contributed by atoms with Crippen molar-refractivity contribution in [2.75, 3.05) is 4.90 Å². The number of thiophene rings is 1. The van der Waals surface area contributed by atoms with Crippen molar-refractivity contribution < 1.29 is 4.42 Å². The Morgan fingerprint density at radius 3 is 1.53 bits per heavy atom. The second-order valence-corrected chi connectivity index (χ2v) is 21.0. The molecule has 0 fully saturated rings. The normalized spacial score (nSPS) is 11.9. The summed E-state index contributed by atoms with van der Waals surface area (Å²) >= 11 is 1.86. The molecule has 0 aliphatic heterocycles. The summed E-state index contributed by atoms with van der Waals surface area (Å²) in [5.74, 6) is 0. The molecule has 0 N–H and O–H groups in total. The van der Waals surface area contributed by atoms with Crippen LogP contribution in [-0.2, 0) is 0 Å². The third-order valence-corrected chi connectivity index (χ3v) is 17.0. The summed E-state index contributed by atoms with van der Waals surface area (Å²) in [4.78, 5) is 2.40. The Balaban J connectivity index is 0.844. The lowest BCUT2D eigenvalue weighted by Gasteiger charge is -2.26. The average Bonchev–Trinajstić information content (AvgIpc) is 4.30. The van der Waals surface area contributed by atoms with E-state index in [2.05, 4.69) is 264 Å². The van der Waals surface area contributed by atoms with Gasteiger partial charge in [0.15, 0.2) is 0 Å². The first-order valence-electron chi connectivity index (χ1n) is 26.0. The maximum Gasteiger partial charge on any atom is 0.143 e. The Labute approximate surface area is 442 Å². The van der Waals surface area contributed by atoms with E-state index in [1.54, 1.807) is 0 Å². The fraction of sp³-hybridized carbons (Fsp3) is 0. The number of furan rings is 1. The Morgan fingerprint density at radius 1 is 0.316 bits per heavy atom. The number of anilines is 3. The smallest absolute Gasteiger partial charge is 0.143 e. The van der Waals surface area contributed by atoms with Crippen LogP contribution in [0.1, 0.15) is 0 Å². The maximum atomic E-state index is 6.46. The summed E-state index contributed by atoms with van der Waals surface area (Å²) in [5, 5.41) is 14.9. The zero-order valence-electron chi connectivity index (χ0n) is 41.1. The molecule has 4 heteroatoms. The van der Waals surface area contributed by atoms with Gasteiger partial charge in [0.25, 0.3) is 0 Å². The van der Waals surface area contributed by atoms with Crippen molar-refractivity contribution in [2.24, 2.45) is 0 Å². The molecule has 0 bridgehead atoms. The molecule has 0 aliphatic carbocycles. The lowest BCUT2D eigenvalue weighted by molar-refractivity contribution is 0.670. The Bertz CT molecular complexity index is 4950. The van der Waals surface area contributed by atoms with Crippen LogP contribution >= 0.6 is 11.3 Å². The minimum absolute atomic E-state index is 0.909.